The Morgan fingerprint density at radius 3 is 3.00 bits per heavy atom. The van der Waals surface area contributed by atoms with Crippen LogP contribution in [0, 0.1) is 11.8 Å². The first-order chi connectivity index (χ1) is 11.7. The Balaban J connectivity index is 1.43. The summed E-state index contributed by atoms with van der Waals surface area (Å²) in [5, 5.41) is 5.84. The van der Waals surface area contributed by atoms with Crippen LogP contribution in [0.5, 0.6) is 0 Å². The Morgan fingerprint density at radius 1 is 1.33 bits per heavy atom. The average molecular weight is 334 g/mol. The first-order valence-corrected chi connectivity index (χ1v) is 8.96. The molecule has 0 spiro atoms. The van der Waals surface area contributed by atoms with Gasteiger partial charge < -0.3 is 4.74 Å². The lowest BCUT2D eigenvalue weighted by molar-refractivity contribution is -0.185. The lowest BCUT2D eigenvalue weighted by Crippen LogP contribution is -2.53. The van der Waals surface area contributed by atoms with E-state index in [0.29, 0.717) is 13.2 Å². The number of rotatable bonds is 3. The van der Waals surface area contributed by atoms with Gasteiger partial charge in [0.2, 0.25) is 5.91 Å². The molecule has 1 aromatic heterocycles. The second-order valence-electron chi connectivity index (χ2n) is 7.14. The summed E-state index contributed by atoms with van der Waals surface area (Å²) < 4.78 is 7.81. The van der Waals surface area contributed by atoms with Gasteiger partial charge in [-0.05, 0) is 19.3 Å². The van der Waals surface area contributed by atoms with E-state index in [1.54, 1.807) is 5.06 Å². The number of hydrogen-bond donors (Lipinski definition) is 0. The molecule has 7 nitrogen and oxygen atoms in total. The zero-order chi connectivity index (χ0) is 16.5. The van der Waals surface area contributed by atoms with E-state index in [9.17, 15) is 4.79 Å². The summed E-state index contributed by atoms with van der Waals surface area (Å²) in [5.41, 5.74) is 1.22. The minimum atomic E-state index is 0.0264. The predicted octanol–water partition coefficient (Wildman–Crippen LogP) is 0.811. The molecule has 0 saturated carbocycles. The number of likely N-dealkylation sites (tertiary alicyclic amines) is 1. The molecule has 3 aliphatic rings. The molecule has 0 aliphatic carbocycles. The van der Waals surface area contributed by atoms with Crippen LogP contribution in [0.1, 0.15) is 24.8 Å². The number of aromatic nitrogens is 2. The van der Waals surface area contributed by atoms with Gasteiger partial charge in [-0.3, -0.25) is 19.2 Å². The third-order valence-corrected chi connectivity index (χ3v) is 5.43. The first-order valence-electron chi connectivity index (χ1n) is 8.96. The van der Waals surface area contributed by atoms with E-state index < -0.39 is 0 Å². The number of carbonyl (C=O) groups excluding carboxylic acids is 1. The Labute approximate surface area is 142 Å². The van der Waals surface area contributed by atoms with Crippen molar-refractivity contribution in [2.24, 2.45) is 18.9 Å². The number of amides is 1. The zero-order valence-electron chi connectivity index (χ0n) is 14.3. The van der Waals surface area contributed by atoms with E-state index in [1.807, 2.05) is 17.9 Å². The van der Waals surface area contributed by atoms with Crippen molar-refractivity contribution in [3.05, 3.63) is 18.0 Å². The summed E-state index contributed by atoms with van der Waals surface area (Å²) >= 11 is 0. The summed E-state index contributed by atoms with van der Waals surface area (Å²) in [6.45, 7) is 4.89. The van der Waals surface area contributed by atoms with E-state index in [0.717, 1.165) is 45.4 Å². The number of hydrogen-bond acceptors (Lipinski definition) is 5. The number of fused-ring (bicyclic) bond motifs is 1. The van der Waals surface area contributed by atoms with Crippen LogP contribution < -0.4 is 0 Å². The topological polar surface area (TPSA) is 59.8 Å². The van der Waals surface area contributed by atoms with Gasteiger partial charge in [-0.25, -0.2) is 5.06 Å². The van der Waals surface area contributed by atoms with Crippen LogP contribution in [0.2, 0.25) is 0 Å². The third-order valence-electron chi connectivity index (χ3n) is 5.43. The lowest BCUT2D eigenvalue weighted by atomic mass is 9.79. The van der Waals surface area contributed by atoms with Crippen LogP contribution in [0.3, 0.4) is 0 Å². The maximum absolute atomic E-state index is 12.8. The number of nitrogens with zero attached hydrogens (tertiary/aromatic N) is 4. The summed E-state index contributed by atoms with van der Waals surface area (Å²) in [6.07, 6.45) is 6.93. The molecule has 0 aromatic carbocycles. The summed E-state index contributed by atoms with van der Waals surface area (Å²) in [5.74, 6) is 0.452. The molecule has 7 heteroatoms. The molecule has 24 heavy (non-hydrogen) atoms. The van der Waals surface area contributed by atoms with Crippen LogP contribution in [-0.2, 0) is 28.0 Å². The van der Waals surface area contributed by atoms with Gasteiger partial charge >= 0.3 is 0 Å². The van der Waals surface area contributed by atoms with Crippen LogP contribution in [-0.4, -0.2) is 64.6 Å². The maximum Gasteiger partial charge on any atom is 0.249 e. The maximum atomic E-state index is 12.8. The Morgan fingerprint density at radius 2 is 2.25 bits per heavy atom. The molecular weight excluding hydrogens is 308 g/mol. The Bertz CT molecular complexity index is 584. The molecule has 3 fully saturated rings. The molecule has 1 aromatic rings. The van der Waals surface area contributed by atoms with Crippen molar-refractivity contribution < 1.29 is 14.4 Å². The fraction of sp³-hybridized carbons (Fsp3) is 0.765. The number of carbonyl (C=O) groups is 1. The fourth-order valence-corrected chi connectivity index (χ4v) is 4.25. The number of aryl methyl sites for hydroxylation is 1. The van der Waals surface area contributed by atoms with Gasteiger partial charge in [0, 0.05) is 56.9 Å². The van der Waals surface area contributed by atoms with Crippen molar-refractivity contribution in [1.29, 1.82) is 0 Å². The molecule has 0 N–H and O–H groups in total. The normalized spacial score (nSPS) is 31.2. The molecule has 3 atom stereocenters. The van der Waals surface area contributed by atoms with Crippen LogP contribution in [0.15, 0.2) is 12.4 Å². The third kappa shape index (κ3) is 3.20. The van der Waals surface area contributed by atoms with Gasteiger partial charge in [-0.15, -0.1) is 0 Å². The van der Waals surface area contributed by atoms with E-state index in [-0.39, 0.29) is 23.8 Å². The van der Waals surface area contributed by atoms with Gasteiger partial charge in [-0.1, -0.05) is 0 Å². The quantitative estimate of drug-likeness (QED) is 0.819. The van der Waals surface area contributed by atoms with Crippen LogP contribution in [0.4, 0.5) is 0 Å². The highest BCUT2D eigenvalue weighted by Gasteiger charge is 2.43. The molecule has 132 valence electrons. The van der Waals surface area contributed by atoms with Crippen LogP contribution >= 0.6 is 0 Å². The molecule has 3 saturated heterocycles. The number of piperidine rings is 1. The number of hydroxylamine groups is 2. The number of ether oxygens (including phenoxy) is 1. The average Bonchev–Trinajstić information content (AvgIpc) is 3.25. The van der Waals surface area contributed by atoms with E-state index in [4.69, 9.17) is 9.57 Å². The van der Waals surface area contributed by atoms with Crippen molar-refractivity contribution in [2.75, 3.05) is 32.8 Å². The van der Waals surface area contributed by atoms with E-state index in [1.165, 1.54) is 5.56 Å². The Kier molecular flexibility index (Phi) is 4.56. The summed E-state index contributed by atoms with van der Waals surface area (Å²) in [7, 11) is 1.94. The second kappa shape index (κ2) is 6.82. The van der Waals surface area contributed by atoms with Crippen molar-refractivity contribution in [1.82, 2.24) is 19.7 Å². The molecule has 4 rings (SSSR count). The van der Waals surface area contributed by atoms with Gasteiger partial charge in [0.25, 0.3) is 0 Å². The largest absolute Gasteiger partial charge is 0.378 e. The fourth-order valence-electron chi connectivity index (χ4n) is 4.25. The van der Waals surface area contributed by atoms with Gasteiger partial charge in [-0.2, -0.15) is 5.10 Å². The Hall–Kier alpha value is -1.44. The highest BCUT2D eigenvalue weighted by atomic mass is 16.7. The van der Waals surface area contributed by atoms with Gasteiger partial charge in [0.15, 0.2) is 0 Å². The zero-order valence-corrected chi connectivity index (χ0v) is 14.3. The van der Waals surface area contributed by atoms with E-state index >= 15 is 0 Å². The van der Waals surface area contributed by atoms with Crippen LogP contribution in [0.25, 0.3) is 0 Å². The van der Waals surface area contributed by atoms with Gasteiger partial charge in [0.1, 0.15) is 0 Å². The minimum Gasteiger partial charge on any atom is -0.378 e. The van der Waals surface area contributed by atoms with Crippen molar-refractivity contribution in [2.45, 2.75) is 31.9 Å². The molecule has 4 heterocycles. The second-order valence-corrected chi connectivity index (χ2v) is 7.14. The molecular formula is C17H26N4O3. The van der Waals surface area contributed by atoms with Crippen molar-refractivity contribution in [3.63, 3.8) is 0 Å². The van der Waals surface area contributed by atoms with E-state index in [2.05, 4.69) is 16.2 Å². The molecule has 3 aliphatic heterocycles. The van der Waals surface area contributed by atoms with Gasteiger partial charge in [0.05, 0.1) is 25.5 Å². The highest BCUT2D eigenvalue weighted by Crippen LogP contribution is 2.35. The minimum absolute atomic E-state index is 0.0264. The standard InChI is InChI=1S/C17H26N4O3/c1-19-10-13(9-18-19)11-20-6-3-16-15(12-20)14(4-8-23-16)17(22)21-5-2-7-24-21/h9-10,14-16H,2-8,11-12H2,1H3/t14-,15+,16-/m0/s1. The smallest absolute Gasteiger partial charge is 0.249 e. The summed E-state index contributed by atoms with van der Waals surface area (Å²) in [6, 6.07) is 0. The first kappa shape index (κ1) is 16.1. The summed E-state index contributed by atoms with van der Waals surface area (Å²) in [4.78, 5) is 20.8. The molecule has 0 radical (unpaired) electrons. The van der Waals surface area contributed by atoms with Crippen molar-refractivity contribution in [3.8, 4) is 0 Å². The monoisotopic (exact) mass is 334 g/mol. The lowest BCUT2D eigenvalue weighted by Gasteiger charge is -2.45. The molecule has 0 unspecified atom stereocenters. The highest BCUT2D eigenvalue weighted by molar-refractivity contribution is 5.78. The molecule has 0 bridgehead atoms. The SMILES string of the molecule is Cn1cc(CN2CC[C@@H]3OCC[C@H](C(=O)N4CCCO4)[C@H]3C2)cn1. The van der Waals surface area contributed by atoms with Crippen molar-refractivity contribution >= 4 is 5.91 Å². The predicted molar refractivity (Wildman–Crippen MR) is 86.7 cm³/mol. The molecule has 1 amide bonds.